The van der Waals surface area contributed by atoms with E-state index in [2.05, 4.69) is 10.1 Å². The van der Waals surface area contributed by atoms with Crippen LogP contribution in [0.15, 0.2) is 22.2 Å². The van der Waals surface area contributed by atoms with E-state index in [1.807, 2.05) is 5.38 Å². The van der Waals surface area contributed by atoms with Gasteiger partial charge in [0.1, 0.15) is 0 Å². The molecule has 0 fully saturated rings. The molecule has 5 nitrogen and oxygen atoms in total. The first-order valence-corrected chi connectivity index (χ1v) is 3.44. The van der Waals surface area contributed by atoms with Crippen LogP contribution in [0.1, 0.15) is 0 Å². The highest BCUT2D eigenvalue weighted by atomic mass is 32.1. The van der Waals surface area contributed by atoms with Crippen LogP contribution in [0.5, 0.6) is 0 Å². The summed E-state index contributed by atoms with van der Waals surface area (Å²) in [7, 11) is 0. The Morgan fingerprint density at radius 2 is 2.45 bits per heavy atom. The molecule has 11 heavy (non-hydrogen) atoms. The molecule has 0 aliphatic heterocycles. The van der Waals surface area contributed by atoms with Crippen LogP contribution < -0.4 is 0 Å². The van der Waals surface area contributed by atoms with Gasteiger partial charge in [0.25, 0.3) is 0 Å². The smallest absolute Gasteiger partial charge is 0.350 e. The molecule has 1 heterocycles. The lowest BCUT2D eigenvalue weighted by Gasteiger charge is -1.67. The first-order chi connectivity index (χ1) is 5.27. The number of thiazole rings is 1. The summed E-state index contributed by atoms with van der Waals surface area (Å²) in [5.41, 5.74) is 1.79. The number of oxime groups is 1. The van der Waals surface area contributed by atoms with Gasteiger partial charge in [-0.3, -0.25) is 4.98 Å². The third kappa shape index (κ3) is 8.57. The fourth-order valence-electron chi connectivity index (χ4n) is 0.225. The largest absolute Gasteiger partial charge is 0.477 e. The number of hydrogen-bond donors (Lipinski definition) is 2. The highest BCUT2D eigenvalue weighted by molar-refractivity contribution is 7.07. The lowest BCUT2D eigenvalue weighted by Crippen LogP contribution is -1.93. The van der Waals surface area contributed by atoms with Gasteiger partial charge in [-0.25, -0.2) is 4.79 Å². The van der Waals surface area contributed by atoms with Crippen molar-refractivity contribution in [3.8, 4) is 0 Å². The highest BCUT2D eigenvalue weighted by Crippen LogP contribution is 1.85. The number of carboxylic acids is 1. The van der Waals surface area contributed by atoms with Crippen molar-refractivity contribution in [2.75, 3.05) is 0 Å². The standard InChI is InChI=1S/C3H3NS.C2H3NO3/c1-2-5-3-4-1;4-2(5)1-3-6/h1-3H;1,6H,(H,4,5). The van der Waals surface area contributed by atoms with E-state index in [4.69, 9.17) is 10.3 Å². The van der Waals surface area contributed by atoms with Gasteiger partial charge in [-0.15, -0.1) is 11.3 Å². The lowest BCUT2D eigenvalue weighted by atomic mass is 10.8. The summed E-state index contributed by atoms with van der Waals surface area (Å²) in [5.74, 6) is -1.25. The molecule has 6 heteroatoms. The molecule has 0 unspecified atom stereocenters. The quantitative estimate of drug-likeness (QED) is 0.372. The summed E-state index contributed by atoms with van der Waals surface area (Å²) in [5, 5.41) is 19.2. The van der Waals surface area contributed by atoms with Crippen molar-refractivity contribution in [3.05, 3.63) is 17.1 Å². The predicted octanol–water partition coefficient (Wildman–Crippen LogP) is 0.674. The zero-order valence-corrected chi connectivity index (χ0v) is 6.23. The number of aliphatic carboxylic acids is 1. The van der Waals surface area contributed by atoms with Crippen molar-refractivity contribution in [2.24, 2.45) is 5.16 Å². The maximum Gasteiger partial charge on any atom is 0.350 e. The molecule has 0 spiro atoms. The van der Waals surface area contributed by atoms with Crippen LogP contribution in [-0.2, 0) is 4.79 Å². The molecule has 0 aliphatic carbocycles. The summed E-state index contributed by atoms with van der Waals surface area (Å²) >= 11 is 1.60. The number of hydrogen-bond acceptors (Lipinski definition) is 5. The van der Waals surface area contributed by atoms with Crippen molar-refractivity contribution in [1.29, 1.82) is 0 Å². The molecular formula is C5H6N2O3S. The molecule has 1 rings (SSSR count). The van der Waals surface area contributed by atoms with Crippen LogP contribution in [0.4, 0.5) is 0 Å². The van der Waals surface area contributed by atoms with Crippen LogP contribution in [-0.4, -0.2) is 27.5 Å². The Morgan fingerprint density at radius 3 is 2.55 bits per heavy atom. The number of carbonyl (C=O) groups is 1. The fraction of sp³-hybridized carbons (Fsp3) is 0. The van der Waals surface area contributed by atoms with E-state index < -0.39 is 5.97 Å². The van der Waals surface area contributed by atoms with Gasteiger partial charge in [0.05, 0.1) is 5.51 Å². The second-order valence-electron chi connectivity index (χ2n) is 1.26. The van der Waals surface area contributed by atoms with E-state index in [1.54, 1.807) is 23.0 Å². The summed E-state index contributed by atoms with van der Waals surface area (Å²) in [6, 6.07) is 0. The number of carboxylic acid groups (broad SMARTS) is 1. The molecule has 1 aromatic rings. The molecule has 60 valence electrons. The number of rotatable bonds is 1. The Balaban J connectivity index is 0.000000183. The molecule has 0 radical (unpaired) electrons. The second kappa shape index (κ2) is 6.69. The third-order valence-electron chi connectivity index (χ3n) is 0.515. The third-order valence-corrected chi connectivity index (χ3v) is 1.04. The van der Waals surface area contributed by atoms with Gasteiger partial charge < -0.3 is 10.3 Å². The predicted molar refractivity (Wildman–Crippen MR) is 40.0 cm³/mol. The summed E-state index contributed by atoms with van der Waals surface area (Å²) in [4.78, 5) is 13.0. The van der Waals surface area contributed by atoms with Crippen molar-refractivity contribution >= 4 is 23.5 Å². The lowest BCUT2D eigenvalue weighted by molar-refractivity contribution is -0.128. The fourth-order valence-corrected chi connectivity index (χ4v) is 0.576. The van der Waals surface area contributed by atoms with Gasteiger partial charge in [-0.05, 0) is 0 Å². The molecule has 0 amide bonds. The minimum Gasteiger partial charge on any atom is -0.477 e. The van der Waals surface area contributed by atoms with Gasteiger partial charge in [0.15, 0.2) is 6.21 Å². The van der Waals surface area contributed by atoms with Crippen LogP contribution in [0.3, 0.4) is 0 Å². The number of aromatic nitrogens is 1. The van der Waals surface area contributed by atoms with Crippen molar-refractivity contribution < 1.29 is 15.1 Å². The highest BCUT2D eigenvalue weighted by Gasteiger charge is 1.80. The molecule has 0 saturated heterocycles. The summed E-state index contributed by atoms with van der Waals surface area (Å²) < 4.78 is 0. The molecule has 0 atom stereocenters. The van der Waals surface area contributed by atoms with E-state index in [0.717, 1.165) is 0 Å². The van der Waals surface area contributed by atoms with Crippen molar-refractivity contribution in [1.82, 2.24) is 4.98 Å². The van der Waals surface area contributed by atoms with Crippen LogP contribution in [0.25, 0.3) is 0 Å². The van der Waals surface area contributed by atoms with Crippen molar-refractivity contribution in [3.63, 3.8) is 0 Å². The van der Waals surface area contributed by atoms with E-state index >= 15 is 0 Å². The monoisotopic (exact) mass is 174 g/mol. The Bertz CT molecular complexity index is 192. The van der Waals surface area contributed by atoms with E-state index in [-0.39, 0.29) is 0 Å². The van der Waals surface area contributed by atoms with Crippen LogP contribution in [0, 0.1) is 0 Å². The summed E-state index contributed by atoms with van der Waals surface area (Å²) in [6.07, 6.45) is 2.16. The van der Waals surface area contributed by atoms with Crippen LogP contribution in [0.2, 0.25) is 0 Å². The molecule has 0 bridgehead atoms. The Kier molecular flexibility index (Phi) is 5.82. The van der Waals surface area contributed by atoms with Gasteiger partial charge in [0.2, 0.25) is 0 Å². The Morgan fingerprint density at radius 1 is 1.73 bits per heavy atom. The second-order valence-corrected chi connectivity index (χ2v) is 2.01. The number of nitrogens with zero attached hydrogens (tertiary/aromatic N) is 2. The molecule has 0 saturated carbocycles. The van der Waals surface area contributed by atoms with Crippen molar-refractivity contribution in [2.45, 2.75) is 0 Å². The molecule has 1 aromatic heterocycles. The molecule has 2 N–H and O–H groups in total. The molecular weight excluding hydrogens is 168 g/mol. The Labute approximate surface area is 66.6 Å². The first-order valence-electron chi connectivity index (χ1n) is 2.50. The normalized spacial score (nSPS) is 8.73. The minimum atomic E-state index is -1.25. The van der Waals surface area contributed by atoms with E-state index in [1.165, 1.54) is 0 Å². The maximum absolute atomic E-state index is 9.29. The first kappa shape index (κ1) is 9.57. The Hall–Kier alpha value is -1.43. The molecule has 0 aliphatic rings. The molecule has 0 aromatic carbocycles. The summed E-state index contributed by atoms with van der Waals surface area (Å²) in [6.45, 7) is 0. The van der Waals surface area contributed by atoms with Gasteiger partial charge in [-0.1, -0.05) is 5.16 Å². The van der Waals surface area contributed by atoms with Gasteiger partial charge in [-0.2, -0.15) is 0 Å². The SMILES string of the molecule is O=C(O)C=NO.c1cscn1. The van der Waals surface area contributed by atoms with E-state index in [9.17, 15) is 4.79 Å². The van der Waals surface area contributed by atoms with Crippen LogP contribution >= 0.6 is 11.3 Å². The zero-order valence-electron chi connectivity index (χ0n) is 5.41. The average molecular weight is 174 g/mol. The van der Waals surface area contributed by atoms with E-state index in [0.29, 0.717) is 6.21 Å². The topological polar surface area (TPSA) is 82.8 Å². The van der Waals surface area contributed by atoms with Gasteiger partial charge in [0, 0.05) is 11.6 Å². The van der Waals surface area contributed by atoms with Gasteiger partial charge >= 0.3 is 5.97 Å². The maximum atomic E-state index is 9.29. The zero-order chi connectivity index (χ0) is 8.53. The average Bonchev–Trinajstić information content (AvgIpc) is 2.41. The minimum absolute atomic E-state index is 0.389.